The quantitative estimate of drug-likeness (QED) is 0.769. The Hall–Kier alpha value is -0.570. The summed E-state index contributed by atoms with van der Waals surface area (Å²) < 4.78 is 4.87. The molecule has 3 atom stereocenters. The molecule has 3 nitrogen and oxygen atoms in total. The summed E-state index contributed by atoms with van der Waals surface area (Å²) in [6.07, 6.45) is 9.24. The lowest BCUT2D eigenvalue weighted by Crippen LogP contribution is -3.14. The van der Waals surface area contributed by atoms with Gasteiger partial charge in [0, 0.05) is 18.8 Å². The zero-order valence-electron chi connectivity index (χ0n) is 11.9. The maximum absolute atomic E-state index is 11.6. The van der Waals surface area contributed by atoms with E-state index in [4.69, 9.17) is 4.74 Å². The third kappa shape index (κ3) is 3.25. The lowest BCUT2D eigenvalue weighted by atomic mass is 9.78. The van der Waals surface area contributed by atoms with Crippen molar-refractivity contribution in [2.24, 2.45) is 11.8 Å². The van der Waals surface area contributed by atoms with E-state index < -0.39 is 0 Å². The van der Waals surface area contributed by atoms with Crippen LogP contribution in [0.25, 0.3) is 0 Å². The van der Waals surface area contributed by atoms with Crippen molar-refractivity contribution in [2.45, 2.75) is 57.9 Å². The van der Waals surface area contributed by atoms with Gasteiger partial charge in [-0.25, -0.2) is 0 Å². The average molecular weight is 254 g/mol. The van der Waals surface area contributed by atoms with Gasteiger partial charge in [0.1, 0.15) is 0 Å². The molecule has 0 aromatic carbocycles. The summed E-state index contributed by atoms with van der Waals surface area (Å²) in [5.41, 5.74) is 0. The van der Waals surface area contributed by atoms with E-state index in [1.54, 1.807) is 0 Å². The van der Waals surface area contributed by atoms with Crippen molar-refractivity contribution < 1.29 is 14.4 Å². The first kappa shape index (κ1) is 13.9. The van der Waals surface area contributed by atoms with E-state index in [0.29, 0.717) is 0 Å². The van der Waals surface area contributed by atoms with Gasteiger partial charge in [0.2, 0.25) is 0 Å². The second-order valence-electron chi connectivity index (χ2n) is 6.18. The van der Waals surface area contributed by atoms with Crippen LogP contribution >= 0.6 is 0 Å². The lowest BCUT2D eigenvalue weighted by Gasteiger charge is -2.36. The van der Waals surface area contributed by atoms with Crippen LogP contribution in [0, 0.1) is 11.8 Å². The van der Waals surface area contributed by atoms with Crippen molar-refractivity contribution in [3.8, 4) is 0 Å². The fraction of sp³-hybridized carbons (Fsp3) is 0.933. The highest BCUT2D eigenvalue weighted by Crippen LogP contribution is 2.29. The summed E-state index contributed by atoms with van der Waals surface area (Å²) in [6.45, 7) is 4.73. The summed E-state index contributed by atoms with van der Waals surface area (Å²) in [6, 6.07) is 0.813. The Labute approximate surface area is 111 Å². The van der Waals surface area contributed by atoms with Crippen LogP contribution in [0.15, 0.2) is 0 Å². The van der Waals surface area contributed by atoms with Crippen molar-refractivity contribution >= 4 is 5.97 Å². The molecule has 104 valence electrons. The number of rotatable bonds is 4. The Morgan fingerprint density at radius 1 is 1.22 bits per heavy atom. The van der Waals surface area contributed by atoms with Gasteiger partial charge in [0.05, 0.1) is 32.2 Å². The van der Waals surface area contributed by atoms with Crippen LogP contribution < -0.4 is 4.90 Å². The van der Waals surface area contributed by atoms with Crippen LogP contribution in [0.2, 0.25) is 0 Å². The van der Waals surface area contributed by atoms with Crippen LogP contribution in [0.1, 0.15) is 51.9 Å². The van der Waals surface area contributed by atoms with E-state index in [1.807, 2.05) is 11.8 Å². The van der Waals surface area contributed by atoms with Gasteiger partial charge in [0.25, 0.3) is 0 Å². The summed E-state index contributed by atoms with van der Waals surface area (Å²) in [4.78, 5) is 13.4. The van der Waals surface area contributed by atoms with Gasteiger partial charge in [-0.2, -0.15) is 0 Å². The molecule has 2 aliphatic rings. The summed E-state index contributed by atoms with van der Waals surface area (Å²) in [7, 11) is 1.50. The number of hydrogen-bond acceptors (Lipinski definition) is 2. The van der Waals surface area contributed by atoms with Crippen molar-refractivity contribution in [2.75, 3.05) is 20.2 Å². The molecule has 0 radical (unpaired) electrons. The molecule has 2 rings (SSSR count). The molecule has 1 saturated carbocycles. The number of ether oxygens (including phenoxy) is 1. The van der Waals surface area contributed by atoms with Gasteiger partial charge >= 0.3 is 5.97 Å². The molecule has 3 unspecified atom stereocenters. The molecule has 1 saturated heterocycles. The summed E-state index contributed by atoms with van der Waals surface area (Å²) in [5.74, 6) is 0.777. The highest BCUT2D eigenvalue weighted by Gasteiger charge is 2.36. The number of hydrogen-bond donors (Lipinski definition) is 1. The largest absolute Gasteiger partial charge is 0.469 e. The van der Waals surface area contributed by atoms with E-state index in [9.17, 15) is 4.79 Å². The number of likely N-dealkylation sites (tertiary alicyclic amines) is 1. The molecule has 2 fully saturated rings. The minimum Gasteiger partial charge on any atom is -0.469 e. The molecule has 0 spiro atoms. The van der Waals surface area contributed by atoms with E-state index in [0.717, 1.165) is 18.4 Å². The molecule has 0 aromatic rings. The Kier molecular flexibility index (Phi) is 5.04. The zero-order valence-corrected chi connectivity index (χ0v) is 11.9. The highest BCUT2D eigenvalue weighted by atomic mass is 16.5. The van der Waals surface area contributed by atoms with E-state index in [1.165, 1.54) is 58.7 Å². The van der Waals surface area contributed by atoms with Gasteiger partial charge in [-0.1, -0.05) is 13.3 Å². The normalized spacial score (nSPS) is 31.2. The van der Waals surface area contributed by atoms with E-state index in [-0.39, 0.29) is 11.9 Å². The minimum absolute atomic E-state index is 0.0317. The van der Waals surface area contributed by atoms with Crippen molar-refractivity contribution in [3.63, 3.8) is 0 Å². The number of nitrogens with one attached hydrogen (secondary N) is 1. The van der Waals surface area contributed by atoms with Gasteiger partial charge < -0.3 is 9.64 Å². The van der Waals surface area contributed by atoms with E-state index in [2.05, 4.69) is 0 Å². The highest BCUT2D eigenvalue weighted by molar-refractivity contribution is 5.71. The minimum atomic E-state index is -0.0317. The number of esters is 1. The monoisotopic (exact) mass is 254 g/mol. The standard InChI is InChI=1S/C15H27NO2/c1-12(15(17)18-2)11-13-7-3-4-8-14(13)16-9-5-6-10-16/h12-14H,3-11H2,1-2H3/p+1. The molecule has 1 aliphatic heterocycles. The first-order valence-electron chi connectivity index (χ1n) is 7.64. The Morgan fingerprint density at radius 3 is 2.56 bits per heavy atom. The van der Waals surface area contributed by atoms with Crippen LogP contribution in [-0.2, 0) is 9.53 Å². The number of carbonyl (C=O) groups excluding carboxylic acids is 1. The van der Waals surface area contributed by atoms with Crippen molar-refractivity contribution in [3.05, 3.63) is 0 Å². The van der Waals surface area contributed by atoms with Gasteiger partial charge in [0.15, 0.2) is 0 Å². The smallest absolute Gasteiger partial charge is 0.308 e. The third-order valence-corrected chi connectivity index (χ3v) is 4.94. The molecule has 18 heavy (non-hydrogen) atoms. The maximum atomic E-state index is 11.6. The van der Waals surface area contributed by atoms with E-state index >= 15 is 0 Å². The number of quaternary nitrogens is 1. The Bertz CT molecular complexity index is 274. The first-order valence-corrected chi connectivity index (χ1v) is 7.64. The third-order valence-electron chi connectivity index (χ3n) is 4.94. The van der Waals surface area contributed by atoms with Crippen LogP contribution in [0.3, 0.4) is 0 Å². The van der Waals surface area contributed by atoms with Crippen LogP contribution in [0.4, 0.5) is 0 Å². The Morgan fingerprint density at radius 2 is 1.89 bits per heavy atom. The van der Waals surface area contributed by atoms with Crippen LogP contribution in [-0.4, -0.2) is 32.2 Å². The number of methoxy groups -OCH3 is 1. The van der Waals surface area contributed by atoms with Gasteiger partial charge in [-0.15, -0.1) is 0 Å². The fourth-order valence-corrected chi connectivity index (χ4v) is 3.98. The Balaban J connectivity index is 1.92. The molecule has 1 aliphatic carbocycles. The van der Waals surface area contributed by atoms with Gasteiger partial charge in [-0.3, -0.25) is 4.79 Å². The zero-order chi connectivity index (χ0) is 13.0. The second kappa shape index (κ2) is 6.55. The molecule has 1 heterocycles. The first-order chi connectivity index (χ1) is 8.72. The maximum Gasteiger partial charge on any atom is 0.308 e. The topological polar surface area (TPSA) is 30.7 Å². The SMILES string of the molecule is COC(=O)C(C)CC1CCCCC1[NH+]1CCCC1. The molecule has 0 aromatic heterocycles. The predicted octanol–water partition coefficient (Wildman–Crippen LogP) is 1.42. The lowest BCUT2D eigenvalue weighted by molar-refractivity contribution is -0.919. The molecule has 0 bridgehead atoms. The van der Waals surface area contributed by atoms with Crippen molar-refractivity contribution in [1.82, 2.24) is 0 Å². The van der Waals surface area contributed by atoms with Gasteiger partial charge in [-0.05, 0) is 25.7 Å². The fourth-order valence-electron chi connectivity index (χ4n) is 3.98. The predicted molar refractivity (Wildman–Crippen MR) is 71.5 cm³/mol. The molecule has 0 amide bonds. The molecular weight excluding hydrogens is 226 g/mol. The average Bonchev–Trinajstić information content (AvgIpc) is 2.92. The molecular formula is C15H28NO2+. The van der Waals surface area contributed by atoms with Crippen LogP contribution in [0.5, 0.6) is 0 Å². The molecule has 3 heteroatoms. The molecule has 1 N–H and O–H groups in total. The second-order valence-corrected chi connectivity index (χ2v) is 6.18. The number of carbonyl (C=O) groups is 1. The summed E-state index contributed by atoms with van der Waals surface area (Å²) in [5, 5.41) is 0. The van der Waals surface area contributed by atoms with Crippen molar-refractivity contribution in [1.29, 1.82) is 0 Å². The summed E-state index contributed by atoms with van der Waals surface area (Å²) >= 11 is 0.